The summed E-state index contributed by atoms with van der Waals surface area (Å²) in [5.41, 5.74) is 1.88. The molecule has 0 aliphatic carbocycles. The quantitative estimate of drug-likeness (QED) is 0.597. The van der Waals surface area contributed by atoms with Crippen molar-refractivity contribution in [2.24, 2.45) is 5.92 Å². The second-order valence-corrected chi connectivity index (χ2v) is 4.24. The molecule has 0 aliphatic rings. The van der Waals surface area contributed by atoms with E-state index in [2.05, 4.69) is 32.0 Å². The lowest BCUT2D eigenvalue weighted by Crippen LogP contribution is -2.29. The van der Waals surface area contributed by atoms with Gasteiger partial charge in [0.15, 0.2) is 0 Å². The Balaban J connectivity index is 3.92. The fourth-order valence-corrected chi connectivity index (χ4v) is 1.72. The zero-order chi connectivity index (χ0) is 9.56. The molecule has 3 heteroatoms. The normalized spacial score (nSPS) is 13.8. The Bertz CT molecular complexity index is 128. The Labute approximate surface area is 79.8 Å². The molecule has 0 spiro atoms. The van der Waals surface area contributed by atoms with Gasteiger partial charge in [0.25, 0.3) is 5.62 Å². The summed E-state index contributed by atoms with van der Waals surface area (Å²) in [6.45, 7) is 9.52. The molecule has 0 aromatic rings. The van der Waals surface area contributed by atoms with E-state index >= 15 is 0 Å². The first-order valence-corrected chi connectivity index (χ1v) is 5.19. The Hall–Kier alpha value is -0.0200. The Kier molecular flexibility index (Phi) is 6.48. The van der Waals surface area contributed by atoms with E-state index in [1.165, 1.54) is 11.9 Å². The molecule has 0 aliphatic heterocycles. The molecule has 0 N–H and O–H groups in total. The first-order valence-electron chi connectivity index (χ1n) is 4.42. The first kappa shape index (κ1) is 12.0. The van der Waals surface area contributed by atoms with E-state index in [4.69, 9.17) is 0 Å². The summed E-state index contributed by atoms with van der Waals surface area (Å²) in [6.07, 6.45) is 1.07. The van der Waals surface area contributed by atoms with Gasteiger partial charge in [-0.1, -0.05) is 20.8 Å². The van der Waals surface area contributed by atoms with Crippen LogP contribution in [0.25, 0.3) is 0 Å². The molecule has 71 valence electrons. The zero-order valence-electron chi connectivity index (χ0n) is 8.33. The predicted octanol–water partition coefficient (Wildman–Crippen LogP) is 2.46. The second-order valence-electron chi connectivity index (χ2n) is 3.43. The smallest absolute Gasteiger partial charge is 0.276 e. The summed E-state index contributed by atoms with van der Waals surface area (Å²) < 4.78 is 2.09. The van der Waals surface area contributed by atoms with Crippen molar-refractivity contribution in [3.63, 3.8) is 0 Å². The number of hydrogen-bond acceptors (Lipinski definition) is 3. The van der Waals surface area contributed by atoms with Crippen LogP contribution in [0.1, 0.15) is 34.1 Å². The number of rotatable bonds is 6. The predicted molar refractivity (Wildman–Crippen MR) is 54.6 cm³/mol. The minimum atomic E-state index is 0.457. The lowest BCUT2D eigenvalue weighted by molar-refractivity contribution is 0.329. The third-order valence-electron chi connectivity index (χ3n) is 1.78. The van der Waals surface area contributed by atoms with E-state index in [0.717, 1.165) is 13.0 Å². The lowest BCUT2D eigenvalue weighted by atomic mass is 10.2. The van der Waals surface area contributed by atoms with Crippen LogP contribution in [-0.4, -0.2) is 22.5 Å². The van der Waals surface area contributed by atoms with Crippen LogP contribution >= 0.6 is 11.9 Å². The van der Waals surface area contributed by atoms with Crippen LogP contribution in [0.15, 0.2) is 0 Å². The minimum absolute atomic E-state index is 0.457. The van der Waals surface area contributed by atoms with Crippen molar-refractivity contribution in [2.45, 2.75) is 40.2 Å². The molecule has 2 nitrogen and oxygen atoms in total. The Morgan fingerprint density at radius 3 is 2.33 bits per heavy atom. The van der Waals surface area contributed by atoms with Crippen molar-refractivity contribution in [3.8, 4) is 0 Å². The Morgan fingerprint density at radius 1 is 1.42 bits per heavy atom. The van der Waals surface area contributed by atoms with Gasteiger partial charge in [-0.3, -0.25) is 4.79 Å². The van der Waals surface area contributed by atoms with Crippen LogP contribution in [0.4, 0.5) is 0 Å². The topological polar surface area (TPSA) is 20.3 Å². The van der Waals surface area contributed by atoms with Gasteiger partial charge in [-0.05, 0) is 19.3 Å². The van der Waals surface area contributed by atoms with Gasteiger partial charge in [0.2, 0.25) is 0 Å². The monoisotopic (exact) mass is 188 g/mol. The van der Waals surface area contributed by atoms with Crippen LogP contribution < -0.4 is 0 Å². The molecule has 12 heavy (non-hydrogen) atoms. The van der Waals surface area contributed by atoms with Gasteiger partial charge in [-0.25, -0.2) is 4.31 Å². The van der Waals surface area contributed by atoms with Crippen LogP contribution in [0, 0.1) is 5.92 Å². The molecule has 0 aromatic heterocycles. The van der Waals surface area contributed by atoms with Crippen LogP contribution in [0.3, 0.4) is 0 Å². The third-order valence-corrected chi connectivity index (χ3v) is 2.60. The number of hydrogen-bond donors (Lipinski definition) is 0. The highest BCUT2D eigenvalue weighted by Gasteiger charge is 2.13. The van der Waals surface area contributed by atoms with E-state index in [1.54, 1.807) is 0 Å². The summed E-state index contributed by atoms with van der Waals surface area (Å²) in [5, 5.41) is 0. The molecule has 0 bridgehead atoms. The summed E-state index contributed by atoms with van der Waals surface area (Å²) in [6, 6.07) is 0.457. The molecule has 0 rings (SSSR count). The van der Waals surface area contributed by atoms with Crippen molar-refractivity contribution in [1.82, 2.24) is 4.31 Å². The van der Waals surface area contributed by atoms with Gasteiger partial charge in [0, 0.05) is 24.5 Å². The maximum atomic E-state index is 10.2. The van der Waals surface area contributed by atoms with E-state index < -0.39 is 0 Å². The fraction of sp³-hybridized carbons (Fsp3) is 0.889. The molecule has 1 atom stereocenters. The molecule has 1 radical (unpaired) electrons. The molecule has 1 unspecified atom stereocenters. The second kappa shape index (κ2) is 6.49. The molecule has 0 heterocycles. The number of nitrogens with zero attached hydrogens (tertiary/aromatic N) is 1. The van der Waals surface area contributed by atoms with Crippen molar-refractivity contribution in [3.05, 3.63) is 0 Å². The van der Waals surface area contributed by atoms with E-state index in [-0.39, 0.29) is 0 Å². The molecule has 0 amide bonds. The SMILES string of the molecule is CCC(C)N(CC(C)C)S[C]=O. The van der Waals surface area contributed by atoms with Gasteiger partial charge in [0.05, 0.1) is 0 Å². The minimum Gasteiger partial charge on any atom is -0.276 e. The van der Waals surface area contributed by atoms with Crippen LogP contribution in [0.5, 0.6) is 0 Å². The van der Waals surface area contributed by atoms with E-state index in [0.29, 0.717) is 12.0 Å². The zero-order valence-corrected chi connectivity index (χ0v) is 9.15. The molecule has 0 fully saturated rings. The number of carbonyl (C=O) groups excluding carboxylic acids is 1. The van der Waals surface area contributed by atoms with Gasteiger partial charge in [-0.2, -0.15) is 0 Å². The van der Waals surface area contributed by atoms with Crippen molar-refractivity contribution in [1.29, 1.82) is 0 Å². The average Bonchev–Trinajstić information content (AvgIpc) is 2.01. The molecule has 0 aromatic carbocycles. The highest BCUT2D eigenvalue weighted by molar-refractivity contribution is 8.09. The molecule has 0 saturated carbocycles. The van der Waals surface area contributed by atoms with E-state index in [9.17, 15) is 4.79 Å². The first-order chi connectivity index (χ1) is 5.61. The highest BCUT2D eigenvalue weighted by atomic mass is 32.2. The maximum Gasteiger partial charge on any atom is 0.282 e. The summed E-state index contributed by atoms with van der Waals surface area (Å²) in [4.78, 5) is 10.2. The third kappa shape index (κ3) is 4.78. The molecular weight excluding hydrogens is 170 g/mol. The highest BCUT2D eigenvalue weighted by Crippen LogP contribution is 2.16. The van der Waals surface area contributed by atoms with Gasteiger partial charge in [-0.15, -0.1) is 0 Å². The molecule has 0 saturated heterocycles. The van der Waals surface area contributed by atoms with Gasteiger partial charge in [0.1, 0.15) is 0 Å². The standard InChI is InChI=1S/C9H18NOS/c1-5-9(4)10(12-7-11)6-8(2)3/h8-9H,5-6H2,1-4H3. The van der Waals surface area contributed by atoms with Crippen molar-refractivity contribution in [2.75, 3.05) is 6.54 Å². The van der Waals surface area contributed by atoms with Crippen LogP contribution in [-0.2, 0) is 4.79 Å². The van der Waals surface area contributed by atoms with Crippen molar-refractivity contribution < 1.29 is 4.79 Å². The maximum absolute atomic E-state index is 10.2. The van der Waals surface area contributed by atoms with Crippen LogP contribution in [0.2, 0.25) is 0 Å². The Morgan fingerprint density at radius 2 is 2.00 bits per heavy atom. The molecular formula is C9H18NOS. The lowest BCUT2D eigenvalue weighted by Gasteiger charge is -2.25. The van der Waals surface area contributed by atoms with Gasteiger partial charge < -0.3 is 0 Å². The fourth-order valence-electron chi connectivity index (χ4n) is 0.919. The summed E-state index contributed by atoms with van der Waals surface area (Å²) in [5.74, 6) is 0.597. The van der Waals surface area contributed by atoms with Gasteiger partial charge >= 0.3 is 0 Å². The van der Waals surface area contributed by atoms with Crippen molar-refractivity contribution >= 4 is 17.6 Å². The summed E-state index contributed by atoms with van der Waals surface area (Å²) in [7, 11) is 0. The largest absolute Gasteiger partial charge is 0.282 e. The van der Waals surface area contributed by atoms with E-state index in [1.807, 2.05) is 5.62 Å². The summed E-state index contributed by atoms with van der Waals surface area (Å²) >= 11 is 1.17. The average molecular weight is 188 g/mol.